The maximum atomic E-state index is 11.7. The third-order valence-corrected chi connectivity index (χ3v) is 4.31. The van der Waals surface area contributed by atoms with Crippen molar-refractivity contribution < 1.29 is 9.90 Å². The van der Waals surface area contributed by atoms with Gasteiger partial charge in [-0.25, -0.2) is 4.79 Å². The van der Waals surface area contributed by atoms with Crippen LogP contribution in [0.4, 0.5) is 4.79 Å². The molecule has 1 aromatic rings. The minimum atomic E-state index is -0.609. The van der Waals surface area contributed by atoms with Crippen LogP contribution in [0.1, 0.15) is 18.9 Å². The molecule has 1 aliphatic heterocycles. The highest BCUT2D eigenvalue weighted by Gasteiger charge is 2.26. The van der Waals surface area contributed by atoms with Crippen LogP contribution >= 0.6 is 11.6 Å². The molecule has 0 aromatic heterocycles. The van der Waals surface area contributed by atoms with E-state index in [-0.39, 0.29) is 12.6 Å². The van der Waals surface area contributed by atoms with Gasteiger partial charge in [-0.1, -0.05) is 30.7 Å². The van der Waals surface area contributed by atoms with Crippen molar-refractivity contribution in [2.45, 2.75) is 31.9 Å². The summed E-state index contributed by atoms with van der Waals surface area (Å²) >= 11 is 5.82. The number of aliphatic hydroxyl groups is 1. The minimum Gasteiger partial charge on any atom is -0.391 e. The van der Waals surface area contributed by atoms with E-state index in [1.54, 1.807) is 12.1 Å². The number of hydrogen-bond acceptors (Lipinski definition) is 3. The molecule has 0 aliphatic carbocycles. The van der Waals surface area contributed by atoms with Gasteiger partial charge in [0.05, 0.1) is 6.10 Å². The minimum absolute atomic E-state index is 0.224. The smallest absolute Gasteiger partial charge is 0.314 e. The van der Waals surface area contributed by atoms with Crippen molar-refractivity contribution in [2.24, 2.45) is 0 Å². The number of likely N-dealkylation sites (tertiary alicyclic amines) is 1. The van der Waals surface area contributed by atoms with Crippen molar-refractivity contribution in [2.75, 3.05) is 26.2 Å². The van der Waals surface area contributed by atoms with Crippen LogP contribution in [0, 0.1) is 0 Å². The predicted molar refractivity (Wildman–Crippen MR) is 88.2 cm³/mol. The molecular formula is C16H24ClN3O2. The average Bonchev–Trinajstić information content (AvgIpc) is 2.47. The second-order valence-corrected chi connectivity index (χ2v) is 6.08. The monoisotopic (exact) mass is 325 g/mol. The number of nitrogens with zero attached hydrogens (tertiary/aromatic N) is 1. The first-order valence-electron chi connectivity index (χ1n) is 7.76. The van der Waals surface area contributed by atoms with Gasteiger partial charge >= 0.3 is 6.03 Å². The molecule has 6 heteroatoms. The molecule has 2 amide bonds. The Morgan fingerprint density at radius 3 is 2.73 bits per heavy atom. The van der Waals surface area contributed by atoms with Crippen LogP contribution < -0.4 is 10.6 Å². The average molecular weight is 326 g/mol. The van der Waals surface area contributed by atoms with E-state index in [0.717, 1.165) is 25.1 Å². The zero-order valence-corrected chi connectivity index (χ0v) is 13.6. The van der Waals surface area contributed by atoms with E-state index in [2.05, 4.69) is 22.5 Å². The van der Waals surface area contributed by atoms with Gasteiger partial charge in [-0.2, -0.15) is 0 Å². The van der Waals surface area contributed by atoms with Crippen LogP contribution in [0.25, 0.3) is 0 Å². The molecule has 1 saturated heterocycles. The highest BCUT2D eigenvalue weighted by molar-refractivity contribution is 6.30. The van der Waals surface area contributed by atoms with E-state index >= 15 is 0 Å². The van der Waals surface area contributed by atoms with Crippen molar-refractivity contribution in [3.63, 3.8) is 0 Å². The molecule has 22 heavy (non-hydrogen) atoms. The molecule has 1 aliphatic rings. The zero-order chi connectivity index (χ0) is 15.9. The molecule has 0 radical (unpaired) electrons. The Balaban J connectivity index is 1.62. The van der Waals surface area contributed by atoms with Gasteiger partial charge in [-0.15, -0.1) is 0 Å². The molecule has 3 N–H and O–H groups in total. The van der Waals surface area contributed by atoms with Crippen molar-refractivity contribution >= 4 is 17.6 Å². The van der Waals surface area contributed by atoms with Crippen molar-refractivity contribution in [1.82, 2.24) is 15.5 Å². The molecule has 1 fully saturated rings. The van der Waals surface area contributed by atoms with Crippen LogP contribution in [-0.2, 0) is 6.42 Å². The lowest BCUT2D eigenvalue weighted by Crippen LogP contribution is -2.54. The largest absolute Gasteiger partial charge is 0.391 e. The van der Waals surface area contributed by atoms with E-state index in [1.165, 1.54) is 0 Å². The van der Waals surface area contributed by atoms with E-state index in [9.17, 15) is 9.90 Å². The number of hydrogen-bond donors (Lipinski definition) is 3. The van der Waals surface area contributed by atoms with Crippen molar-refractivity contribution in [1.29, 1.82) is 0 Å². The van der Waals surface area contributed by atoms with Gasteiger partial charge in [-0.3, -0.25) is 4.90 Å². The topological polar surface area (TPSA) is 64.6 Å². The number of carbonyl (C=O) groups excluding carboxylic acids is 1. The van der Waals surface area contributed by atoms with Crippen LogP contribution in [0.5, 0.6) is 0 Å². The molecule has 2 unspecified atom stereocenters. The lowest BCUT2D eigenvalue weighted by molar-refractivity contribution is 0.0983. The summed E-state index contributed by atoms with van der Waals surface area (Å²) in [5.41, 5.74) is 0.993. The highest BCUT2D eigenvalue weighted by Crippen LogP contribution is 2.15. The maximum absolute atomic E-state index is 11.7. The lowest BCUT2D eigenvalue weighted by Gasteiger charge is -2.40. The van der Waals surface area contributed by atoms with Crippen LogP contribution in [0.3, 0.4) is 0 Å². The summed E-state index contributed by atoms with van der Waals surface area (Å²) in [7, 11) is 0. The van der Waals surface area contributed by atoms with Gasteiger partial charge in [0.25, 0.3) is 0 Å². The standard InChI is InChI=1S/C16H24ClN3O2/c1-2-20-8-7-14(20)10-18-16(22)19-11-15(21)9-12-3-5-13(17)6-4-12/h3-6,14-15,21H,2,7-11H2,1H3,(H2,18,19,22). The Morgan fingerprint density at radius 1 is 1.41 bits per heavy atom. The van der Waals surface area contributed by atoms with Gasteiger partial charge in [0, 0.05) is 37.1 Å². The Kier molecular flexibility index (Phi) is 6.49. The van der Waals surface area contributed by atoms with Gasteiger partial charge in [0.2, 0.25) is 0 Å². The summed E-state index contributed by atoms with van der Waals surface area (Å²) < 4.78 is 0. The summed E-state index contributed by atoms with van der Waals surface area (Å²) in [6.07, 6.45) is 1.01. The molecule has 2 rings (SSSR count). The SMILES string of the molecule is CCN1CCC1CNC(=O)NCC(O)Cc1ccc(Cl)cc1. The Hall–Kier alpha value is -1.30. The number of carbonyl (C=O) groups is 1. The van der Waals surface area contributed by atoms with Crippen molar-refractivity contribution in [3.8, 4) is 0 Å². The first kappa shape index (κ1) is 17.1. The third-order valence-electron chi connectivity index (χ3n) is 4.05. The maximum Gasteiger partial charge on any atom is 0.314 e. The number of nitrogens with one attached hydrogen (secondary N) is 2. The number of likely N-dealkylation sites (N-methyl/N-ethyl adjacent to an activating group) is 1. The molecule has 2 atom stereocenters. The number of amides is 2. The van der Waals surface area contributed by atoms with E-state index in [0.29, 0.717) is 24.0 Å². The van der Waals surface area contributed by atoms with Crippen LogP contribution in [0.2, 0.25) is 5.02 Å². The number of aliphatic hydroxyl groups excluding tert-OH is 1. The van der Waals surface area contributed by atoms with E-state index in [1.807, 2.05) is 12.1 Å². The quantitative estimate of drug-likeness (QED) is 0.714. The second-order valence-electron chi connectivity index (χ2n) is 5.65. The Bertz CT molecular complexity index is 479. The highest BCUT2D eigenvalue weighted by atomic mass is 35.5. The molecular weight excluding hydrogens is 302 g/mol. The second kappa shape index (κ2) is 8.36. The normalized spacial score (nSPS) is 19.3. The summed E-state index contributed by atoms with van der Waals surface area (Å²) in [5, 5.41) is 16.2. The fraction of sp³-hybridized carbons (Fsp3) is 0.562. The zero-order valence-electron chi connectivity index (χ0n) is 12.9. The number of halogens is 1. The summed E-state index contributed by atoms with van der Waals surface area (Å²) in [6, 6.07) is 7.57. The summed E-state index contributed by atoms with van der Waals surface area (Å²) in [5.74, 6) is 0. The molecule has 5 nitrogen and oxygen atoms in total. The molecule has 1 aromatic carbocycles. The fourth-order valence-corrected chi connectivity index (χ4v) is 2.72. The Labute approximate surface area is 136 Å². The van der Waals surface area contributed by atoms with Gasteiger partial charge in [0.15, 0.2) is 0 Å². The number of benzene rings is 1. The van der Waals surface area contributed by atoms with Gasteiger partial charge in [0.1, 0.15) is 0 Å². The van der Waals surface area contributed by atoms with Crippen molar-refractivity contribution in [3.05, 3.63) is 34.9 Å². The van der Waals surface area contributed by atoms with Crippen LogP contribution in [-0.4, -0.2) is 54.4 Å². The van der Waals surface area contributed by atoms with Gasteiger partial charge < -0.3 is 15.7 Å². The summed E-state index contributed by atoms with van der Waals surface area (Å²) in [6.45, 7) is 5.15. The summed E-state index contributed by atoms with van der Waals surface area (Å²) in [4.78, 5) is 14.0. The van der Waals surface area contributed by atoms with E-state index in [4.69, 9.17) is 11.6 Å². The Morgan fingerprint density at radius 2 is 2.14 bits per heavy atom. The lowest BCUT2D eigenvalue weighted by atomic mass is 10.0. The molecule has 0 bridgehead atoms. The van der Waals surface area contributed by atoms with Crippen LogP contribution in [0.15, 0.2) is 24.3 Å². The fourth-order valence-electron chi connectivity index (χ4n) is 2.59. The first-order valence-corrected chi connectivity index (χ1v) is 8.14. The van der Waals surface area contributed by atoms with E-state index < -0.39 is 6.10 Å². The molecule has 0 saturated carbocycles. The third kappa shape index (κ3) is 5.16. The number of rotatable bonds is 7. The molecule has 0 spiro atoms. The molecule has 122 valence electrons. The number of urea groups is 1. The first-order chi connectivity index (χ1) is 10.6. The predicted octanol–water partition coefficient (Wildman–Crippen LogP) is 1.64. The van der Waals surface area contributed by atoms with Gasteiger partial charge in [-0.05, 0) is 30.7 Å². The molecule has 1 heterocycles.